The Morgan fingerprint density at radius 1 is 1.08 bits per heavy atom. The molecule has 0 bridgehead atoms. The van der Waals surface area contributed by atoms with Gasteiger partial charge in [0.1, 0.15) is 18.8 Å². The van der Waals surface area contributed by atoms with Crippen LogP contribution in [0, 0.1) is 34.5 Å². The van der Waals surface area contributed by atoms with Crippen molar-refractivity contribution in [3.63, 3.8) is 0 Å². The predicted molar refractivity (Wildman–Crippen MR) is 180 cm³/mol. The van der Waals surface area contributed by atoms with E-state index in [1.807, 2.05) is 0 Å². The van der Waals surface area contributed by atoms with Gasteiger partial charge in [0.25, 0.3) is 0 Å². The van der Waals surface area contributed by atoms with Crippen molar-refractivity contribution >= 4 is 29.8 Å². The summed E-state index contributed by atoms with van der Waals surface area (Å²) in [5.74, 6) is -1.86. The fourth-order valence-electron chi connectivity index (χ4n) is 10.6. The molecule has 274 valence electrons. The lowest BCUT2D eigenvalue weighted by Crippen LogP contribution is -2.66. The monoisotopic (exact) mass is 688 g/mol. The van der Waals surface area contributed by atoms with Gasteiger partial charge in [-0.25, -0.2) is 9.59 Å². The minimum Gasteiger partial charge on any atom is -0.480 e. The van der Waals surface area contributed by atoms with Gasteiger partial charge in [-0.1, -0.05) is 20.3 Å². The molecule has 4 saturated carbocycles. The molecule has 1 aliphatic heterocycles. The number of carbonyl (C=O) groups is 4. The molecule has 10 unspecified atom stereocenters. The first-order chi connectivity index (χ1) is 23.2. The Morgan fingerprint density at radius 3 is 2.53 bits per heavy atom. The van der Waals surface area contributed by atoms with Crippen molar-refractivity contribution < 1.29 is 44.0 Å². The Hall–Kier alpha value is -3.19. The second kappa shape index (κ2) is 15.0. The van der Waals surface area contributed by atoms with Crippen LogP contribution >= 0.6 is 0 Å². The normalized spacial score (nSPS) is 37.1. The van der Waals surface area contributed by atoms with Crippen LogP contribution in [0.5, 0.6) is 0 Å². The second-order valence-electron chi connectivity index (χ2n) is 15.8. The van der Waals surface area contributed by atoms with E-state index in [0.29, 0.717) is 38.5 Å². The zero-order valence-electron chi connectivity index (χ0n) is 29.0. The highest BCUT2D eigenvalue weighted by molar-refractivity contribution is 5.85. The third kappa shape index (κ3) is 7.62. The largest absolute Gasteiger partial charge is 0.480 e. The summed E-state index contributed by atoms with van der Waals surface area (Å²) in [4.78, 5) is 52.2. The van der Waals surface area contributed by atoms with Gasteiger partial charge in [-0.3, -0.25) is 14.6 Å². The molecule has 8 N–H and O–H groups in total. The summed E-state index contributed by atoms with van der Waals surface area (Å²) in [6.45, 7) is 4.93. The van der Waals surface area contributed by atoms with E-state index in [9.17, 15) is 34.5 Å². The Morgan fingerprint density at radius 2 is 1.84 bits per heavy atom. The van der Waals surface area contributed by atoms with Crippen LogP contribution in [0.2, 0.25) is 0 Å². The number of carbonyl (C=O) groups excluding carboxylic acids is 3. The number of ether oxygens (including phenoxy) is 2. The van der Waals surface area contributed by atoms with Gasteiger partial charge in [0.05, 0.1) is 11.7 Å². The quantitative estimate of drug-likeness (QED) is 0.0673. The smallest absolute Gasteiger partial charge is 0.331 e. The highest BCUT2D eigenvalue weighted by atomic mass is 16.5. The van der Waals surface area contributed by atoms with Gasteiger partial charge in [-0.2, -0.15) is 0 Å². The van der Waals surface area contributed by atoms with E-state index < -0.39 is 29.1 Å². The zero-order valence-corrected chi connectivity index (χ0v) is 29.0. The second-order valence-corrected chi connectivity index (χ2v) is 15.8. The first-order valence-electron chi connectivity index (χ1n) is 18.2. The number of amides is 1. The van der Waals surface area contributed by atoms with E-state index in [1.165, 1.54) is 0 Å². The maximum atomic E-state index is 12.8. The number of hydrogen-bond acceptors (Lipinski definition) is 9. The summed E-state index contributed by atoms with van der Waals surface area (Å²) < 4.78 is 11.2. The van der Waals surface area contributed by atoms with E-state index in [0.717, 1.165) is 44.1 Å². The summed E-state index contributed by atoms with van der Waals surface area (Å²) >= 11 is 0. The van der Waals surface area contributed by atoms with E-state index in [4.69, 9.17) is 20.9 Å². The molecule has 49 heavy (non-hydrogen) atoms. The number of esters is 2. The SMILES string of the molecule is CC12CCC(OC(=O)CCCCCC(=O)NC(CCCN=C(N)N)C(=O)O)CC1CCC1C2C(O)CC2(C)C(C3=CC(=O)OC3)CCC12O. The standard InChI is InChI=1S/C36H56N4O9/c1-34-14-12-23(49-29(43)9-5-3-4-8-28(42)40-26(32(45)46)7-6-16-39-33(37)38)18-22(34)10-11-25-31(34)27(41)19-35(2)24(13-15-36(25,35)47)21-17-30(44)48-20-21/h17,22-27,31,41,47H,3-16,18-20H2,1-2H3,(H,40,42)(H,45,46)(H4,37,38,39). The number of nitrogens with two attached hydrogens (primary N) is 2. The lowest BCUT2D eigenvalue weighted by molar-refractivity contribution is -0.243. The molecule has 0 radical (unpaired) electrons. The van der Waals surface area contributed by atoms with Crippen LogP contribution in [0.25, 0.3) is 0 Å². The number of rotatable bonds is 14. The van der Waals surface area contributed by atoms with Crippen molar-refractivity contribution in [1.29, 1.82) is 0 Å². The molecule has 13 heteroatoms. The number of cyclic esters (lactones) is 1. The van der Waals surface area contributed by atoms with Crippen molar-refractivity contribution in [2.24, 2.45) is 51.0 Å². The number of aliphatic carboxylic acids is 1. The number of unbranched alkanes of at least 4 members (excludes halogenated alkanes) is 2. The van der Waals surface area contributed by atoms with E-state index >= 15 is 0 Å². The lowest BCUT2D eigenvalue weighted by Gasteiger charge is -2.65. The van der Waals surface area contributed by atoms with Gasteiger partial charge in [-0.05, 0) is 112 Å². The average Bonchev–Trinajstić information content (AvgIpc) is 3.57. The Labute approximate surface area is 288 Å². The van der Waals surface area contributed by atoms with Crippen molar-refractivity contribution in [2.45, 2.75) is 134 Å². The summed E-state index contributed by atoms with van der Waals surface area (Å²) in [6.07, 6.45) is 9.60. The first-order valence-corrected chi connectivity index (χ1v) is 18.2. The molecule has 13 nitrogen and oxygen atoms in total. The highest BCUT2D eigenvalue weighted by Gasteiger charge is 2.70. The van der Waals surface area contributed by atoms with Crippen molar-refractivity contribution in [3.05, 3.63) is 11.6 Å². The average molecular weight is 689 g/mol. The van der Waals surface area contributed by atoms with Crippen LogP contribution in [-0.2, 0) is 28.7 Å². The third-order valence-corrected chi connectivity index (χ3v) is 13.0. The highest BCUT2D eigenvalue weighted by Crippen LogP contribution is 2.70. The molecule has 0 aromatic carbocycles. The first kappa shape index (κ1) is 37.1. The Bertz CT molecular complexity index is 1330. The van der Waals surface area contributed by atoms with Crippen molar-refractivity contribution in [2.75, 3.05) is 13.2 Å². The van der Waals surface area contributed by atoms with Gasteiger partial charge < -0.3 is 41.6 Å². The molecule has 0 saturated heterocycles. The number of carboxylic acids is 1. The fourth-order valence-corrected chi connectivity index (χ4v) is 10.6. The number of nitrogens with zero attached hydrogens (tertiary/aromatic N) is 1. The number of carboxylic acid groups (broad SMARTS) is 1. The molecular weight excluding hydrogens is 632 g/mol. The van der Waals surface area contributed by atoms with Gasteiger partial charge >= 0.3 is 17.9 Å². The van der Waals surface area contributed by atoms with E-state index in [2.05, 4.69) is 24.2 Å². The molecule has 0 aromatic heterocycles. The van der Waals surface area contributed by atoms with Gasteiger partial charge in [0, 0.05) is 30.9 Å². The maximum absolute atomic E-state index is 12.8. The van der Waals surface area contributed by atoms with Crippen molar-refractivity contribution in [3.8, 4) is 0 Å². The minimum absolute atomic E-state index is 0.0142. The van der Waals surface area contributed by atoms with Crippen LogP contribution < -0.4 is 16.8 Å². The molecule has 5 aliphatic rings. The van der Waals surface area contributed by atoms with E-state index in [1.54, 1.807) is 6.08 Å². The van der Waals surface area contributed by atoms with Crippen LogP contribution in [0.3, 0.4) is 0 Å². The van der Waals surface area contributed by atoms with Crippen LogP contribution in [-0.4, -0.2) is 82.1 Å². The zero-order chi connectivity index (χ0) is 35.6. The summed E-state index contributed by atoms with van der Waals surface area (Å²) in [5.41, 5.74) is 9.88. The number of aliphatic hydroxyl groups is 2. The minimum atomic E-state index is -1.11. The van der Waals surface area contributed by atoms with Gasteiger partial charge in [0.2, 0.25) is 5.91 Å². The molecular formula is C36H56N4O9. The number of aliphatic hydroxyl groups excluding tert-OH is 1. The van der Waals surface area contributed by atoms with E-state index in [-0.39, 0.29) is 91.4 Å². The van der Waals surface area contributed by atoms with Crippen LogP contribution in [0.1, 0.15) is 110 Å². The van der Waals surface area contributed by atoms with Crippen LogP contribution in [0.4, 0.5) is 0 Å². The number of nitrogens with one attached hydrogen (secondary N) is 1. The molecule has 0 spiro atoms. The number of guanidine groups is 1. The number of fused-ring (bicyclic) bond motifs is 5. The summed E-state index contributed by atoms with van der Waals surface area (Å²) in [5, 5.41) is 36.2. The lowest BCUT2D eigenvalue weighted by atomic mass is 9.42. The Kier molecular flexibility index (Phi) is 11.3. The van der Waals surface area contributed by atoms with Crippen LogP contribution in [0.15, 0.2) is 16.6 Å². The topological polar surface area (TPSA) is 224 Å². The molecule has 4 aliphatic carbocycles. The van der Waals surface area contributed by atoms with Crippen molar-refractivity contribution in [1.82, 2.24) is 5.32 Å². The summed E-state index contributed by atoms with van der Waals surface area (Å²) in [6, 6.07) is -1.01. The molecule has 10 atom stereocenters. The third-order valence-electron chi connectivity index (χ3n) is 13.0. The molecule has 0 aromatic rings. The summed E-state index contributed by atoms with van der Waals surface area (Å²) in [7, 11) is 0. The van der Waals surface area contributed by atoms with Gasteiger partial charge in [0.15, 0.2) is 5.96 Å². The molecule has 5 rings (SSSR count). The molecule has 1 heterocycles. The Balaban J connectivity index is 1.05. The fraction of sp³-hybridized carbons (Fsp3) is 0.806. The predicted octanol–water partition coefficient (Wildman–Crippen LogP) is 2.70. The molecule has 1 amide bonds. The number of hydrogen-bond donors (Lipinski definition) is 6. The maximum Gasteiger partial charge on any atom is 0.331 e. The molecule has 4 fully saturated rings. The van der Waals surface area contributed by atoms with Gasteiger partial charge in [-0.15, -0.1) is 0 Å². The number of aliphatic imine (C=N–C) groups is 1.